The molecule has 106 valence electrons. The van der Waals surface area contributed by atoms with E-state index in [1.54, 1.807) is 17.8 Å². The van der Waals surface area contributed by atoms with Gasteiger partial charge < -0.3 is 11.1 Å². The van der Waals surface area contributed by atoms with Gasteiger partial charge in [-0.3, -0.25) is 4.79 Å². The highest BCUT2D eigenvalue weighted by Gasteiger charge is 2.17. The van der Waals surface area contributed by atoms with Gasteiger partial charge >= 0.3 is 0 Å². The molecule has 3 N–H and O–H groups in total. The number of nitrogens with two attached hydrogens (primary N) is 1. The molecule has 0 aliphatic rings. The summed E-state index contributed by atoms with van der Waals surface area (Å²) in [5.41, 5.74) is 7.32. The van der Waals surface area contributed by atoms with Crippen molar-refractivity contribution in [2.24, 2.45) is 18.7 Å². The van der Waals surface area contributed by atoms with Gasteiger partial charge in [0.05, 0.1) is 6.04 Å². The van der Waals surface area contributed by atoms with Gasteiger partial charge in [-0.25, -0.2) is 4.68 Å². The van der Waals surface area contributed by atoms with E-state index in [2.05, 4.69) is 20.8 Å². The molecule has 0 spiro atoms. The summed E-state index contributed by atoms with van der Waals surface area (Å²) in [7, 11) is 1.76. The predicted octanol–water partition coefficient (Wildman–Crippen LogP) is 0.799. The molecule has 20 heavy (non-hydrogen) atoms. The monoisotopic (exact) mass is 274 g/mol. The van der Waals surface area contributed by atoms with Crippen molar-refractivity contribution in [3.8, 4) is 11.4 Å². The third kappa shape index (κ3) is 3.00. The Morgan fingerprint density at radius 2 is 2.15 bits per heavy atom. The Balaban J connectivity index is 2.19. The number of amides is 1. The average molecular weight is 274 g/mol. The highest BCUT2D eigenvalue weighted by molar-refractivity contribution is 5.95. The first-order valence-electron chi connectivity index (χ1n) is 6.38. The Bertz CT molecular complexity index is 606. The van der Waals surface area contributed by atoms with Crippen LogP contribution in [0.3, 0.4) is 0 Å². The van der Waals surface area contributed by atoms with Crippen LogP contribution < -0.4 is 11.1 Å². The van der Waals surface area contributed by atoms with E-state index in [4.69, 9.17) is 5.73 Å². The molecule has 1 aromatic heterocycles. The molecule has 0 bridgehead atoms. The van der Waals surface area contributed by atoms with Crippen LogP contribution in [0.2, 0.25) is 0 Å². The molecule has 0 aliphatic carbocycles. The molecule has 1 heterocycles. The molecule has 0 saturated carbocycles. The number of tetrazole rings is 1. The molecule has 2 aromatic rings. The quantitative estimate of drug-likeness (QED) is 0.859. The molecule has 1 amide bonds. The number of nitrogens with zero attached hydrogens (tertiary/aromatic N) is 4. The Morgan fingerprint density at radius 1 is 1.40 bits per heavy atom. The molecule has 7 heteroatoms. The fourth-order valence-electron chi connectivity index (χ4n) is 1.74. The smallest absolute Gasteiger partial charge is 0.241 e. The first-order valence-corrected chi connectivity index (χ1v) is 6.38. The van der Waals surface area contributed by atoms with Crippen molar-refractivity contribution in [3.05, 3.63) is 24.3 Å². The number of nitrogens with one attached hydrogen (secondary N) is 1. The van der Waals surface area contributed by atoms with Crippen LogP contribution in [0.25, 0.3) is 11.4 Å². The molecule has 0 radical (unpaired) electrons. The number of carbonyl (C=O) groups is 1. The van der Waals surface area contributed by atoms with Gasteiger partial charge in [0.2, 0.25) is 5.91 Å². The minimum atomic E-state index is -0.532. The van der Waals surface area contributed by atoms with Gasteiger partial charge in [0, 0.05) is 18.3 Å². The number of aryl methyl sites for hydroxylation is 1. The van der Waals surface area contributed by atoms with E-state index < -0.39 is 6.04 Å². The van der Waals surface area contributed by atoms with Gasteiger partial charge in [0.1, 0.15) is 0 Å². The second-order valence-electron chi connectivity index (χ2n) is 4.97. The highest BCUT2D eigenvalue weighted by atomic mass is 16.2. The number of carbonyl (C=O) groups excluding carboxylic acids is 1. The van der Waals surface area contributed by atoms with Crippen LogP contribution in [0.4, 0.5) is 5.69 Å². The lowest BCUT2D eigenvalue weighted by Crippen LogP contribution is -2.39. The molecule has 0 saturated heterocycles. The third-order valence-electron chi connectivity index (χ3n) is 3.03. The molecule has 1 aromatic carbocycles. The van der Waals surface area contributed by atoms with E-state index in [-0.39, 0.29) is 11.8 Å². The lowest BCUT2D eigenvalue weighted by atomic mass is 10.0. The van der Waals surface area contributed by atoms with Crippen molar-refractivity contribution in [2.45, 2.75) is 19.9 Å². The number of anilines is 1. The van der Waals surface area contributed by atoms with E-state index in [1.165, 1.54) is 0 Å². The lowest BCUT2D eigenvalue weighted by Gasteiger charge is -2.15. The Hall–Kier alpha value is -2.28. The van der Waals surface area contributed by atoms with Crippen LogP contribution in [0.5, 0.6) is 0 Å². The largest absolute Gasteiger partial charge is 0.325 e. The summed E-state index contributed by atoms with van der Waals surface area (Å²) in [6.07, 6.45) is 0. The number of hydrogen-bond acceptors (Lipinski definition) is 5. The number of rotatable bonds is 4. The van der Waals surface area contributed by atoms with Crippen LogP contribution in [-0.2, 0) is 11.8 Å². The lowest BCUT2D eigenvalue weighted by molar-refractivity contribution is -0.118. The van der Waals surface area contributed by atoms with Gasteiger partial charge in [-0.1, -0.05) is 26.0 Å². The van der Waals surface area contributed by atoms with Crippen molar-refractivity contribution in [1.29, 1.82) is 0 Å². The van der Waals surface area contributed by atoms with E-state index in [0.29, 0.717) is 11.5 Å². The summed E-state index contributed by atoms with van der Waals surface area (Å²) in [4.78, 5) is 11.9. The number of benzene rings is 1. The predicted molar refractivity (Wildman–Crippen MR) is 75.7 cm³/mol. The summed E-state index contributed by atoms with van der Waals surface area (Å²) < 4.78 is 1.57. The van der Waals surface area contributed by atoms with Crippen molar-refractivity contribution in [1.82, 2.24) is 20.2 Å². The Labute approximate surface area is 117 Å². The minimum absolute atomic E-state index is 0.0844. The molecular formula is C13H18N6O. The number of aromatic nitrogens is 4. The topological polar surface area (TPSA) is 98.7 Å². The molecule has 1 atom stereocenters. The summed E-state index contributed by atoms with van der Waals surface area (Å²) in [6.45, 7) is 3.82. The fraction of sp³-hybridized carbons (Fsp3) is 0.385. The van der Waals surface area contributed by atoms with Gasteiger partial charge in [0.15, 0.2) is 5.82 Å². The normalized spacial score (nSPS) is 12.4. The standard InChI is InChI=1S/C13H18N6O/c1-8(2)11(14)13(20)15-10-6-4-5-9(7-10)12-16-17-18-19(12)3/h4-8,11H,14H2,1-3H3,(H,15,20). The minimum Gasteiger partial charge on any atom is -0.325 e. The summed E-state index contributed by atoms with van der Waals surface area (Å²) >= 11 is 0. The molecule has 2 rings (SSSR count). The number of hydrogen-bond donors (Lipinski definition) is 2. The maximum Gasteiger partial charge on any atom is 0.241 e. The van der Waals surface area contributed by atoms with E-state index in [0.717, 1.165) is 5.56 Å². The van der Waals surface area contributed by atoms with Gasteiger partial charge in [0.25, 0.3) is 0 Å². The van der Waals surface area contributed by atoms with Crippen molar-refractivity contribution in [3.63, 3.8) is 0 Å². The van der Waals surface area contributed by atoms with Crippen LogP contribution in [0.15, 0.2) is 24.3 Å². The average Bonchev–Trinajstić information content (AvgIpc) is 2.84. The second-order valence-corrected chi connectivity index (χ2v) is 4.97. The van der Waals surface area contributed by atoms with Crippen molar-refractivity contribution < 1.29 is 4.79 Å². The van der Waals surface area contributed by atoms with Crippen molar-refractivity contribution >= 4 is 11.6 Å². The summed E-state index contributed by atoms with van der Waals surface area (Å²) in [5, 5.41) is 14.1. The SMILES string of the molecule is CC(C)C(N)C(=O)Nc1cccc(-c2nnnn2C)c1. The fourth-order valence-corrected chi connectivity index (χ4v) is 1.74. The Morgan fingerprint density at radius 3 is 2.75 bits per heavy atom. The third-order valence-corrected chi connectivity index (χ3v) is 3.03. The van der Waals surface area contributed by atoms with Crippen LogP contribution in [0, 0.1) is 5.92 Å². The first kappa shape index (κ1) is 14.1. The maximum atomic E-state index is 11.9. The zero-order valence-electron chi connectivity index (χ0n) is 11.7. The highest BCUT2D eigenvalue weighted by Crippen LogP contribution is 2.19. The van der Waals surface area contributed by atoms with Gasteiger partial charge in [-0.15, -0.1) is 5.10 Å². The maximum absolute atomic E-state index is 11.9. The zero-order chi connectivity index (χ0) is 14.7. The second kappa shape index (κ2) is 5.79. The van der Waals surface area contributed by atoms with E-state index in [1.807, 2.05) is 32.0 Å². The zero-order valence-corrected chi connectivity index (χ0v) is 11.7. The summed E-state index contributed by atoms with van der Waals surface area (Å²) in [6, 6.07) is 6.80. The first-order chi connectivity index (χ1) is 9.49. The van der Waals surface area contributed by atoms with Crippen LogP contribution in [0.1, 0.15) is 13.8 Å². The Kier molecular flexibility index (Phi) is 4.09. The summed E-state index contributed by atoms with van der Waals surface area (Å²) in [5.74, 6) is 0.517. The van der Waals surface area contributed by atoms with Crippen molar-refractivity contribution in [2.75, 3.05) is 5.32 Å². The van der Waals surface area contributed by atoms with Gasteiger partial charge in [-0.05, 0) is 28.5 Å². The molecule has 7 nitrogen and oxygen atoms in total. The van der Waals surface area contributed by atoms with E-state index >= 15 is 0 Å². The molecule has 0 fully saturated rings. The van der Waals surface area contributed by atoms with Crippen LogP contribution >= 0.6 is 0 Å². The van der Waals surface area contributed by atoms with E-state index in [9.17, 15) is 4.79 Å². The van der Waals surface area contributed by atoms with Crippen LogP contribution in [-0.4, -0.2) is 32.2 Å². The molecule has 0 aliphatic heterocycles. The molecular weight excluding hydrogens is 256 g/mol. The molecule has 1 unspecified atom stereocenters. The van der Waals surface area contributed by atoms with Gasteiger partial charge in [-0.2, -0.15) is 0 Å².